The fourth-order valence-corrected chi connectivity index (χ4v) is 2.54. The summed E-state index contributed by atoms with van der Waals surface area (Å²) >= 11 is 0. The Hall–Kier alpha value is -1.55. The van der Waals surface area contributed by atoms with Crippen LogP contribution >= 0.6 is 0 Å². The molecule has 2 aliphatic heterocycles. The third kappa shape index (κ3) is 2.20. The molecule has 2 N–H and O–H groups in total. The Bertz CT molecular complexity index is 453. The van der Waals surface area contributed by atoms with E-state index in [0.29, 0.717) is 24.8 Å². The van der Waals surface area contributed by atoms with E-state index in [1.165, 1.54) is 0 Å². The van der Waals surface area contributed by atoms with Crippen molar-refractivity contribution in [2.45, 2.75) is 12.8 Å². The molecule has 4 nitrogen and oxygen atoms in total. The maximum Gasteiger partial charge on any atom is 0.162 e. The first-order valence-electron chi connectivity index (χ1n) is 6.54. The van der Waals surface area contributed by atoms with Gasteiger partial charge in [0.2, 0.25) is 0 Å². The number of hydrogen-bond donors (Lipinski definition) is 2. The zero-order chi connectivity index (χ0) is 12.4. The molecule has 0 amide bonds. The van der Waals surface area contributed by atoms with Crippen LogP contribution in [0.4, 0.5) is 0 Å². The minimum absolute atomic E-state index is 0.321. The van der Waals surface area contributed by atoms with Crippen LogP contribution in [0.2, 0.25) is 0 Å². The highest BCUT2D eigenvalue weighted by atomic mass is 16.6. The Morgan fingerprint density at radius 3 is 2.83 bits per heavy atom. The van der Waals surface area contributed by atoms with Gasteiger partial charge in [-0.1, -0.05) is 0 Å². The molecule has 1 aromatic rings. The Morgan fingerprint density at radius 2 is 2.06 bits per heavy atom. The van der Waals surface area contributed by atoms with Gasteiger partial charge in [-0.3, -0.25) is 0 Å². The largest absolute Gasteiger partial charge is 0.486 e. The molecule has 1 atom stereocenters. The van der Waals surface area contributed by atoms with Crippen LogP contribution < -0.4 is 14.8 Å². The normalized spacial score (nSPS) is 22.6. The number of hydrogen-bond acceptors (Lipinski definition) is 4. The number of fused-ring (bicyclic) bond motifs is 1. The quantitative estimate of drug-likeness (QED) is 0.783. The van der Waals surface area contributed by atoms with Crippen LogP contribution in [-0.4, -0.2) is 32.0 Å². The van der Waals surface area contributed by atoms with E-state index in [1.54, 1.807) is 0 Å². The summed E-state index contributed by atoms with van der Waals surface area (Å²) in [6.45, 7) is 3.18. The van der Waals surface area contributed by atoms with Gasteiger partial charge in [-0.2, -0.15) is 0 Å². The van der Waals surface area contributed by atoms with Gasteiger partial charge in [0.05, 0.1) is 0 Å². The minimum atomic E-state index is 0.321. The zero-order valence-electron chi connectivity index (χ0n) is 10.4. The molecule has 0 radical (unpaired) electrons. The second-order valence-corrected chi connectivity index (χ2v) is 4.82. The van der Waals surface area contributed by atoms with Crippen molar-refractivity contribution in [3.63, 3.8) is 0 Å². The Balaban J connectivity index is 1.80. The predicted octanol–water partition coefficient (Wildman–Crippen LogP) is 1.83. The van der Waals surface area contributed by atoms with Crippen LogP contribution in [0.1, 0.15) is 18.4 Å². The molecule has 4 heteroatoms. The molecule has 1 saturated heterocycles. The Morgan fingerprint density at radius 1 is 1.22 bits per heavy atom. The first-order valence-corrected chi connectivity index (χ1v) is 6.54. The molecule has 1 unspecified atom stereocenters. The Labute approximate surface area is 107 Å². The van der Waals surface area contributed by atoms with Gasteiger partial charge in [0, 0.05) is 18.2 Å². The number of nitrogens with one attached hydrogen (secondary N) is 2. The summed E-state index contributed by atoms with van der Waals surface area (Å²) in [5.74, 6) is 1.88. The van der Waals surface area contributed by atoms with Gasteiger partial charge in [-0.05, 0) is 43.1 Å². The van der Waals surface area contributed by atoms with Crippen molar-refractivity contribution in [3.8, 4) is 11.5 Å². The lowest BCUT2D eigenvalue weighted by Gasteiger charge is -2.24. The topological polar surface area (TPSA) is 54.3 Å². The van der Waals surface area contributed by atoms with E-state index in [9.17, 15) is 0 Å². The van der Waals surface area contributed by atoms with Gasteiger partial charge >= 0.3 is 0 Å². The fourth-order valence-electron chi connectivity index (χ4n) is 2.54. The third-order valence-corrected chi connectivity index (χ3v) is 3.56. The molecule has 0 aromatic heterocycles. The summed E-state index contributed by atoms with van der Waals surface area (Å²) in [4.78, 5) is 0. The van der Waals surface area contributed by atoms with Crippen LogP contribution in [-0.2, 0) is 0 Å². The van der Waals surface area contributed by atoms with Crippen molar-refractivity contribution in [1.29, 1.82) is 5.41 Å². The van der Waals surface area contributed by atoms with E-state index >= 15 is 0 Å². The van der Waals surface area contributed by atoms with Crippen molar-refractivity contribution in [2.75, 3.05) is 26.3 Å². The highest BCUT2D eigenvalue weighted by Gasteiger charge is 2.21. The van der Waals surface area contributed by atoms with E-state index in [1.807, 2.05) is 18.2 Å². The van der Waals surface area contributed by atoms with Crippen molar-refractivity contribution in [1.82, 2.24) is 5.32 Å². The van der Waals surface area contributed by atoms with Gasteiger partial charge < -0.3 is 20.2 Å². The third-order valence-electron chi connectivity index (χ3n) is 3.56. The van der Waals surface area contributed by atoms with E-state index in [0.717, 1.165) is 43.0 Å². The predicted molar refractivity (Wildman–Crippen MR) is 69.9 cm³/mol. The molecule has 18 heavy (non-hydrogen) atoms. The molecule has 2 aliphatic rings. The van der Waals surface area contributed by atoms with Crippen LogP contribution in [0.15, 0.2) is 18.2 Å². The van der Waals surface area contributed by atoms with Crippen LogP contribution in [0.25, 0.3) is 0 Å². The number of ether oxygens (including phenoxy) is 2. The lowest BCUT2D eigenvalue weighted by Crippen LogP contribution is -2.34. The number of rotatable bonds is 2. The average Bonchev–Trinajstić information content (AvgIpc) is 2.47. The standard InChI is InChI=1S/C14H18N2O2/c15-14(11-2-1-5-16-9-11)10-3-4-12-13(8-10)18-7-6-17-12/h3-4,8,11,15-16H,1-2,5-7,9H2. The van der Waals surface area contributed by atoms with E-state index < -0.39 is 0 Å². The monoisotopic (exact) mass is 246 g/mol. The number of benzene rings is 1. The molecule has 3 rings (SSSR count). The lowest BCUT2D eigenvalue weighted by atomic mass is 9.90. The summed E-state index contributed by atoms with van der Waals surface area (Å²) in [6.07, 6.45) is 2.25. The van der Waals surface area contributed by atoms with Gasteiger partial charge in [0.15, 0.2) is 11.5 Å². The smallest absolute Gasteiger partial charge is 0.162 e. The molecule has 0 aliphatic carbocycles. The Kier molecular flexibility index (Phi) is 3.19. The molecular formula is C14H18N2O2. The van der Waals surface area contributed by atoms with Crippen molar-refractivity contribution < 1.29 is 9.47 Å². The van der Waals surface area contributed by atoms with Gasteiger partial charge in [-0.15, -0.1) is 0 Å². The van der Waals surface area contributed by atoms with Crippen LogP contribution in [0, 0.1) is 11.3 Å². The SMILES string of the molecule is N=C(c1ccc2c(c1)OCCO2)C1CCCNC1. The first-order chi connectivity index (χ1) is 8.84. The number of piperidine rings is 1. The summed E-state index contributed by atoms with van der Waals surface area (Å²) in [5.41, 5.74) is 1.66. The summed E-state index contributed by atoms with van der Waals surface area (Å²) in [6, 6.07) is 5.81. The molecule has 1 fully saturated rings. The second kappa shape index (κ2) is 4.98. The first kappa shape index (κ1) is 11.5. The van der Waals surface area contributed by atoms with E-state index in [-0.39, 0.29) is 0 Å². The minimum Gasteiger partial charge on any atom is -0.486 e. The maximum atomic E-state index is 8.31. The summed E-state index contributed by atoms with van der Waals surface area (Å²) in [5, 5.41) is 11.7. The summed E-state index contributed by atoms with van der Waals surface area (Å²) < 4.78 is 11.1. The molecule has 96 valence electrons. The highest BCUT2D eigenvalue weighted by molar-refractivity contribution is 6.00. The molecular weight excluding hydrogens is 228 g/mol. The zero-order valence-corrected chi connectivity index (χ0v) is 10.4. The second-order valence-electron chi connectivity index (χ2n) is 4.82. The van der Waals surface area contributed by atoms with Gasteiger partial charge in [-0.25, -0.2) is 0 Å². The average molecular weight is 246 g/mol. The van der Waals surface area contributed by atoms with Crippen LogP contribution in [0.3, 0.4) is 0 Å². The van der Waals surface area contributed by atoms with Gasteiger partial charge in [0.25, 0.3) is 0 Å². The van der Waals surface area contributed by atoms with Gasteiger partial charge in [0.1, 0.15) is 13.2 Å². The molecule has 0 spiro atoms. The fraction of sp³-hybridized carbons (Fsp3) is 0.500. The summed E-state index contributed by atoms with van der Waals surface area (Å²) in [7, 11) is 0. The molecule has 0 bridgehead atoms. The lowest BCUT2D eigenvalue weighted by molar-refractivity contribution is 0.171. The molecule has 0 saturated carbocycles. The highest BCUT2D eigenvalue weighted by Crippen LogP contribution is 2.31. The van der Waals surface area contributed by atoms with Crippen LogP contribution in [0.5, 0.6) is 11.5 Å². The maximum absolute atomic E-state index is 8.31. The van der Waals surface area contributed by atoms with Crippen molar-refractivity contribution >= 4 is 5.71 Å². The van der Waals surface area contributed by atoms with Crippen molar-refractivity contribution in [3.05, 3.63) is 23.8 Å². The molecule has 2 heterocycles. The van der Waals surface area contributed by atoms with E-state index in [2.05, 4.69) is 5.32 Å². The molecule has 1 aromatic carbocycles. The van der Waals surface area contributed by atoms with Crippen molar-refractivity contribution in [2.24, 2.45) is 5.92 Å². The van der Waals surface area contributed by atoms with E-state index in [4.69, 9.17) is 14.9 Å².